The molecule has 1 atom stereocenters. The Morgan fingerprint density at radius 3 is 3.00 bits per heavy atom. The van der Waals surface area contributed by atoms with E-state index in [1.54, 1.807) is 0 Å². The monoisotopic (exact) mass is 250 g/mol. The lowest BCUT2D eigenvalue weighted by Crippen LogP contribution is -2.48. The third-order valence-electron chi connectivity index (χ3n) is 2.70. The number of benzene rings is 1. The quantitative estimate of drug-likeness (QED) is 0.833. The van der Waals surface area contributed by atoms with Gasteiger partial charge in [-0.1, -0.05) is 30.3 Å². The average Bonchev–Trinajstić information content (AvgIpc) is 2.45. The Labute approximate surface area is 106 Å². The number of alkyl carbamates (subject to hydrolysis) is 1. The molecule has 1 fully saturated rings. The van der Waals surface area contributed by atoms with Crippen molar-refractivity contribution < 1.29 is 14.3 Å². The maximum Gasteiger partial charge on any atom is 0.407 e. The van der Waals surface area contributed by atoms with Gasteiger partial charge in [0, 0.05) is 19.1 Å². The molecule has 0 saturated carbocycles. The van der Waals surface area contributed by atoms with E-state index >= 15 is 0 Å². The number of ether oxygens (including phenoxy) is 2. The molecule has 0 spiro atoms. The van der Waals surface area contributed by atoms with Gasteiger partial charge in [0.2, 0.25) is 0 Å². The zero-order chi connectivity index (χ0) is 12.6. The minimum Gasteiger partial charge on any atom is -0.445 e. The molecule has 5 heteroatoms. The third-order valence-corrected chi connectivity index (χ3v) is 2.70. The van der Waals surface area contributed by atoms with Crippen LogP contribution in [0, 0.1) is 0 Å². The van der Waals surface area contributed by atoms with Gasteiger partial charge in [-0.3, -0.25) is 0 Å². The summed E-state index contributed by atoms with van der Waals surface area (Å²) < 4.78 is 10.4. The van der Waals surface area contributed by atoms with Gasteiger partial charge in [-0.05, 0) is 5.56 Å². The first-order valence-corrected chi connectivity index (χ1v) is 6.10. The largest absolute Gasteiger partial charge is 0.445 e. The molecule has 0 bridgehead atoms. The SMILES string of the molecule is O=C(NC[C@H]1COCCN1)OCc1ccccc1. The van der Waals surface area contributed by atoms with Crippen molar-refractivity contribution in [3.63, 3.8) is 0 Å². The van der Waals surface area contributed by atoms with Gasteiger partial charge in [-0.2, -0.15) is 0 Å². The predicted octanol–water partition coefficient (Wildman–Crippen LogP) is 0.901. The van der Waals surface area contributed by atoms with Crippen LogP contribution in [-0.4, -0.2) is 38.4 Å². The van der Waals surface area contributed by atoms with E-state index in [-0.39, 0.29) is 6.04 Å². The summed E-state index contributed by atoms with van der Waals surface area (Å²) in [6.45, 7) is 2.99. The van der Waals surface area contributed by atoms with Crippen LogP contribution in [-0.2, 0) is 16.1 Å². The molecule has 1 saturated heterocycles. The summed E-state index contributed by atoms with van der Waals surface area (Å²) >= 11 is 0. The Hall–Kier alpha value is -1.59. The second kappa shape index (κ2) is 6.98. The lowest BCUT2D eigenvalue weighted by Gasteiger charge is -2.23. The van der Waals surface area contributed by atoms with Crippen molar-refractivity contribution in [3.8, 4) is 0 Å². The summed E-state index contributed by atoms with van der Waals surface area (Å²) in [6, 6.07) is 9.77. The van der Waals surface area contributed by atoms with E-state index in [9.17, 15) is 4.79 Å². The van der Waals surface area contributed by atoms with Crippen LogP contribution in [0.15, 0.2) is 30.3 Å². The van der Waals surface area contributed by atoms with E-state index in [1.165, 1.54) is 0 Å². The number of hydrogen-bond acceptors (Lipinski definition) is 4. The predicted molar refractivity (Wildman–Crippen MR) is 67.2 cm³/mol. The van der Waals surface area contributed by atoms with E-state index in [4.69, 9.17) is 9.47 Å². The Balaban J connectivity index is 1.63. The van der Waals surface area contributed by atoms with Crippen molar-refractivity contribution in [2.24, 2.45) is 0 Å². The maximum atomic E-state index is 11.5. The second-order valence-corrected chi connectivity index (χ2v) is 4.17. The standard InChI is InChI=1S/C13H18N2O3/c16-13(15-8-12-10-17-7-6-14-12)18-9-11-4-2-1-3-5-11/h1-5,12,14H,6-10H2,(H,15,16)/t12-/m0/s1. The van der Waals surface area contributed by atoms with Crippen LogP contribution in [0.4, 0.5) is 4.79 Å². The first kappa shape index (κ1) is 12.9. The molecule has 1 aliphatic rings. The van der Waals surface area contributed by atoms with E-state index < -0.39 is 6.09 Å². The van der Waals surface area contributed by atoms with Crippen LogP contribution in [0.1, 0.15) is 5.56 Å². The molecular weight excluding hydrogens is 232 g/mol. The fourth-order valence-electron chi connectivity index (χ4n) is 1.73. The average molecular weight is 250 g/mol. The van der Waals surface area contributed by atoms with Crippen LogP contribution in [0.5, 0.6) is 0 Å². The minimum atomic E-state index is -0.397. The van der Waals surface area contributed by atoms with Crippen molar-refractivity contribution in [3.05, 3.63) is 35.9 Å². The van der Waals surface area contributed by atoms with Crippen LogP contribution in [0.25, 0.3) is 0 Å². The molecule has 1 aliphatic heterocycles. The lowest BCUT2D eigenvalue weighted by atomic mass is 10.2. The Kier molecular flexibility index (Phi) is 4.99. The van der Waals surface area contributed by atoms with E-state index in [0.717, 1.165) is 18.7 Å². The molecular formula is C13H18N2O3. The number of rotatable bonds is 4. The smallest absolute Gasteiger partial charge is 0.407 e. The second-order valence-electron chi connectivity index (χ2n) is 4.17. The van der Waals surface area contributed by atoms with Gasteiger partial charge in [-0.15, -0.1) is 0 Å². The maximum absolute atomic E-state index is 11.5. The number of hydrogen-bond donors (Lipinski definition) is 2. The van der Waals surface area contributed by atoms with Gasteiger partial charge in [0.05, 0.1) is 13.2 Å². The summed E-state index contributed by atoms with van der Waals surface area (Å²) in [5.41, 5.74) is 0.978. The van der Waals surface area contributed by atoms with Gasteiger partial charge < -0.3 is 20.1 Å². The number of nitrogens with one attached hydrogen (secondary N) is 2. The van der Waals surface area contributed by atoms with Gasteiger partial charge >= 0.3 is 6.09 Å². The van der Waals surface area contributed by atoms with Crippen molar-refractivity contribution >= 4 is 6.09 Å². The highest BCUT2D eigenvalue weighted by Gasteiger charge is 2.13. The van der Waals surface area contributed by atoms with Crippen molar-refractivity contribution in [2.45, 2.75) is 12.6 Å². The molecule has 2 N–H and O–H groups in total. The zero-order valence-electron chi connectivity index (χ0n) is 10.2. The van der Waals surface area contributed by atoms with E-state index in [0.29, 0.717) is 19.8 Å². The number of amides is 1. The van der Waals surface area contributed by atoms with Crippen LogP contribution >= 0.6 is 0 Å². The molecule has 0 aliphatic carbocycles. The zero-order valence-corrected chi connectivity index (χ0v) is 10.2. The van der Waals surface area contributed by atoms with Crippen molar-refractivity contribution in [1.29, 1.82) is 0 Å². The molecule has 0 radical (unpaired) electrons. The van der Waals surface area contributed by atoms with Crippen molar-refractivity contribution in [1.82, 2.24) is 10.6 Å². The Bertz CT molecular complexity index is 364. The van der Waals surface area contributed by atoms with Gasteiger partial charge in [0.1, 0.15) is 6.61 Å². The Morgan fingerprint density at radius 2 is 2.28 bits per heavy atom. The molecule has 0 unspecified atom stereocenters. The van der Waals surface area contributed by atoms with Gasteiger partial charge in [-0.25, -0.2) is 4.79 Å². The van der Waals surface area contributed by atoms with Crippen LogP contribution in [0.3, 0.4) is 0 Å². The fourth-order valence-corrected chi connectivity index (χ4v) is 1.73. The number of morpholine rings is 1. The minimum absolute atomic E-state index is 0.169. The molecule has 98 valence electrons. The first-order valence-electron chi connectivity index (χ1n) is 6.10. The van der Waals surface area contributed by atoms with Crippen LogP contribution in [0.2, 0.25) is 0 Å². The van der Waals surface area contributed by atoms with Gasteiger partial charge in [0.15, 0.2) is 0 Å². The Morgan fingerprint density at radius 1 is 1.44 bits per heavy atom. The summed E-state index contributed by atoms with van der Waals surface area (Å²) in [4.78, 5) is 11.5. The van der Waals surface area contributed by atoms with Crippen molar-refractivity contribution in [2.75, 3.05) is 26.3 Å². The van der Waals surface area contributed by atoms with E-state index in [2.05, 4.69) is 10.6 Å². The molecule has 1 aromatic rings. The van der Waals surface area contributed by atoms with Gasteiger partial charge in [0.25, 0.3) is 0 Å². The third kappa shape index (κ3) is 4.35. The first-order chi connectivity index (χ1) is 8.84. The summed E-state index contributed by atoms with van der Waals surface area (Å²) in [5.74, 6) is 0. The van der Waals surface area contributed by atoms with Crippen LogP contribution < -0.4 is 10.6 Å². The fraction of sp³-hybridized carbons (Fsp3) is 0.462. The highest BCUT2D eigenvalue weighted by molar-refractivity contribution is 5.67. The normalized spacial score (nSPS) is 19.2. The van der Waals surface area contributed by atoms with E-state index in [1.807, 2.05) is 30.3 Å². The number of carbonyl (C=O) groups excluding carboxylic acids is 1. The molecule has 5 nitrogen and oxygen atoms in total. The molecule has 18 heavy (non-hydrogen) atoms. The highest BCUT2D eigenvalue weighted by atomic mass is 16.5. The highest BCUT2D eigenvalue weighted by Crippen LogP contribution is 2.00. The topological polar surface area (TPSA) is 59.6 Å². The molecule has 2 rings (SSSR count). The lowest BCUT2D eigenvalue weighted by molar-refractivity contribution is 0.0749. The summed E-state index contributed by atoms with van der Waals surface area (Å²) in [7, 11) is 0. The summed E-state index contributed by atoms with van der Waals surface area (Å²) in [5, 5.41) is 5.97. The molecule has 0 aromatic heterocycles. The summed E-state index contributed by atoms with van der Waals surface area (Å²) in [6.07, 6.45) is -0.397. The molecule has 1 amide bonds. The number of carbonyl (C=O) groups is 1. The molecule has 1 aromatic carbocycles. The molecule has 1 heterocycles.